The number of nitrogens with zero attached hydrogens (tertiary/aromatic N) is 1. The average molecular weight is 265 g/mol. The molecule has 0 aliphatic heterocycles. The summed E-state index contributed by atoms with van der Waals surface area (Å²) in [7, 11) is 0. The van der Waals surface area contributed by atoms with Gasteiger partial charge in [-0.1, -0.05) is 17.7 Å². The molecule has 5 heteroatoms. The van der Waals surface area contributed by atoms with Gasteiger partial charge in [-0.2, -0.15) is 5.26 Å². The van der Waals surface area contributed by atoms with E-state index in [4.69, 9.17) is 21.6 Å². The predicted molar refractivity (Wildman–Crippen MR) is 70.1 cm³/mol. The van der Waals surface area contributed by atoms with E-state index in [9.17, 15) is 4.79 Å². The minimum atomic E-state index is -0.646. The number of carbonyl (C=O) groups is 1. The lowest BCUT2D eigenvalue weighted by atomic mass is 10.2. The third kappa shape index (κ3) is 3.51. The van der Waals surface area contributed by atoms with Crippen LogP contribution in [0, 0.1) is 18.3 Å². The highest BCUT2D eigenvalue weighted by Gasteiger charge is 2.09. The number of carbonyl (C=O) groups excluding carboxylic acids is 1. The zero-order valence-electron chi connectivity index (χ0n) is 10.2. The Bertz CT molecular complexity index is 518. The van der Waals surface area contributed by atoms with Crippen LogP contribution >= 0.6 is 11.6 Å². The highest BCUT2D eigenvalue weighted by Crippen LogP contribution is 2.23. The number of ether oxygens (including phenoxy) is 1. The molecule has 94 valence electrons. The van der Waals surface area contributed by atoms with Gasteiger partial charge >= 0.3 is 5.97 Å². The molecule has 0 unspecified atom stereocenters. The van der Waals surface area contributed by atoms with Gasteiger partial charge < -0.3 is 10.1 Å². The van der Waals surface area contributed by atoms with Gasteiger partial charge in [0.1, 0.15) is 6.07 Å². The average Bonchev–Trinajstić information content (AvgIpc) is 2.35. The molecule has 0 saturated heterocycles. The van der Waals surface area contributed by atoms with E-state index in [1.165, 1.54) is 6.20 Å². The van der Waals surface area contributed by atoms with Gasteiger partial charge in [-0.3, -0.25) is 0 Å². The zero-order valence-corrected chi connectivity index (χ0v) is 10.9. The number of esters is 1. The zero-order chi connectivity index (χ0) is 13.5. The lowest BCUT2D eigenvalue weighted by molar-refractivity contribution is -0.138. The van der Waals surface area contributed by atoms with Gasteiger partial charge in [-0.05, 0) is 31.5 Å². The topological polar surface area (TPSA) is 62.1 Å². The largest absolute Gasteiger partial charge is 0.462 e. The molecule has 0 aromatic heterocycles. The second-order valence-electron chi connectivity index (χ2n) is 3.45. The van der Waals surface area contributed by atoms with E-state index in [1.807, 2.05) is 6.92 Å². The summed E-state index contributed by atoms with van der Waals surface area (Å²) in [6.45, 7) is 3.75. The van der Waals surface area contributed by atoms with Gasteiger partial charge in [0, 0.05) is 16.9 Å². The number of benzene rings is 1. The van der Waals surface area contributed by atoms with Crippen LogP contribution in [0.2, 0.25) is 5.02 Å². The normalized spacial score (nSPS) is 10.7. The summed E-state index contributed by atoms with van der Waals surface area (Å²) in [5.41, 5.74) is 1.49. The molecule has 0 amide bonds. The second-order valence-corrected chi connectivity index (χ2v) is 3.85. The van der Waals surface area contributed by atoms with Crippen molar-refractivity contribution in [3.05, 3.63) is 40.6 Å². The van der Waals surface area contributed by atoms with Gasteiger partial charge in [0.15, 0.2) is 5.57 Å². The molecule has 18 heavy (non-hydrogen) atoms. The van der Waals surface area contributed by atoms with Crippen molar-refractivity contribution in [3.63, 3.8) is 0 Å². The number of nitrogens with one attached hydrogen (secondary N) is 1. The maximum Gasteiger partial charge on any atom is 0.350 e. The van der Waals surface area contributed by atoms with Crippen molar-refractivity contribution in [1.29, 1.82) is 5.26 Å². The molecule has 0 aliphatic rings. The Labute approximate surface area is 111 Å². The number of nitriles is 1. The lowest BCUT2D eigenvalue weighted by Gasteiger charge is -2.07. The summed E-state index contributed by atoms with van der Waals surface area (Å²) < 4.78 is 4.74. The van der Waals surface area contributed by atoms with Crippen LogP contribution in [-0.2, 0) is 9.53 Å². The second kappa shape index (κ2) is 6.67. The van der Waals surface area contributed by atoms with Crippen LogP contribution < -0.4 is 5.32 Å². The Morgan fingerprint density at radius 3 is 2.94 bits per heavy atom. The Hall–Kier alpha value is -1.99. The SMILES string of the molecule is CCOC(=O)/C(C#N)=C/Nc1cccc(Cl)c1C. The standard InChI is InChI=1S/C13H13ClN2O2/c1-3-18-13(17)10(7-15)8-16-12-6-4-5-11(14)9(12)2/h4-6,8,16H,3H2,1-2H3/b10-8+. The van der Waals surface area contributed by atoms with Crippen molar-refractivity contribution in [3.8, 4) is 6.07 Å². The van der Waals surface area contributed by atoms with Gasteiger partial charge in [0.2, 0.25) is 0 Å². The van der Waals surface area contributed by atoms with E-state index in [0.29, 0.717) is 5.02 Å². The summed E-state index contributed by atoms with van der Waals surface area (Å²) >= 11 is 5.96. The summed E-state index contributed by atoms with van der Waals surface area (Å²) in [6.07, 6.45) is 1.32. The number of rotatable bonds is 4. The molecule has 0 fully saturated rings. The van der Waals surface area contributed by atoms with E-state index in [-0.39, 0.29) is 12.2 Å². The van der Waals surface area contributed by atoms with E-state index in [0.717, 1.165) is 11.3 Å². The van der Waals surface area contributed by atoms with E-state index < -0.39 is 5.97 Å². The van der Waals surface area contributed by atoms with Crippen molar-refractivity contribution < 1.29 is 9.53 Å². The third-order valence-corrected chi connectivity index (χ3v) is 2.66. The number of anilines is 1. The monoisotopic (exact) mass is 264 g/mol. The molecule has 4 nitrogen and oxygen atoms in total. The first-order valence-electron chi connectivity index (χ1n) is 5.39. The molecular weight excluding hydrogens is 252 g/mol. The number of hydrogen-bond donors (Lipinski definition) is 1. The van der Waals surface area contributed by atoms with E-state index in [2.05, 4.69) is 5.32 Å². The van der Waals surface area contributed by atoms with Crippen molar-refractivity contribution in [2.24, 2.45) is 0 Å². The van der Waals surface area contributed by atoms with Gasteiger partial charge in [0.05, 0.1) is 6.61 Å². The summed E-state index contributed by atoms with van der Waals surface area (Å²) in [4.78, 5) is 11.4. The fraction of sp³-hybridized carbons (Fsp3) is 0.231. The lowest BCUT2D eigenvalue weighted by Crippen LogP contribution is -2.08. The maximum atomic E-state index is 11.4. The molecular formula is C13H13ClN2O2. The van der Waals surface area contributed by atoms with Crippen molar-refractivity contribution in [1.82, 2.24) is 0 Å². The molecule has 0 heterocycles. The van der Waals surface area contributed by atoms with Crippen LogP contribution in [0.4, 0.5) is 5.69 Å². The molecule has 0 spiro atoms. The van der Waals surface area contributed by atoms with Crippen molar-refractivity contribution >= 4 is 23.3 Å². The number of halogens is 1. The van der Waals surface area contributed by atoms with Gasteiger partial charge in [-0.15, -0.1) is 0 Å². The molecule has 0 atom stereocenters. The highest BCUT2D eigenvalue weighted by atomic mass is 35.5. The van der Waals surface area contributed by atoms with Crippen molar-refractivity contribution in [2.45, 2.75) is 13.8 Å². The predicted octanol–water partition coefficient (Wildman–Crippen LogP) is 3.03. The molecule has 0 radical (unpaired) electrons. The molecule has 0 bridgehead atoms. The fourth-order valence-electron chi connectivity index (χ4n) is 1.26. The Morgan fingerprint density at radius 1 is 1.61 bits per heavy atom. The fourth-order valence-corrected chi connectivity index (χ4v) is 1.43. The summed E-state index contributed by atoms with van der Waals surface area (Å²) in [5.74, 6) is -0.646. The Morgan fingerprint density at radius 2 is 2.33 bits per heavy atom. The highest BCUT2D eigenvalue weighted by molar-refractivity contribution is 6.31. The smallest absolute Gasteiger partial charge is 0.350 e. The maximum absolute atomic E-state index is 11.4. The molecule has 1 aromatic carbocycles. The number of hydrogen-bond acceptors (Lipinski definition) is 4. The summed E-state index contributed by atoms with van der Waals surface area (Å²) in [6, 6.07) is 7.13. The first-order valence-corrected chi connectivity index (χ1v) is 5.77. The quantitative estimate of drug-likeness (QED) is 0.516. The Balaban J connectivity index is 2.87. The van der Waals surface area contributed by atoms with E-state index in [1.54, 1.807) is 31.2 Å². The molecule has 0 aliphatic carbocycles. The minimum absolute atomic E-state index is 0.0868. The summed E-state index contributed by atoms with van der Waals surface area (Å²) in [5, 5.41) is 12.3. The van der Waals surface area contributed by atoms with Crippen LogP contribution in [0.1, 0.15) is 12.5 Å². The molecule has 1 aromatic rings. The molecule has 1 rings (SSSR count). The van der Waals surface area contributed by atoms with E-state index >= 15 is 0 Å². The van der Waals surface area contributed by atoms with Crippen molar-refractivity contribution in [2.75, 3.05) is 11.9 Å². The van der Waals surface area contributed by atoms with Crippen LogP contribution in [0.5, 0.6) is 0 Å². The minimum Gasteiger partial charge on any atom is -0.462 e. The van der Waals surface area contributed by atoms with Crippen LogP contribution in [-0.4, -0.2) is 12.6 Å². The van der Waals surface area contributed by atoms with Gasteiger partial charge in [0.25, 0.3) is 0 Å². The van der Waals surface area contributed by atoms with Crippen LogP contribution in [0.15, 0.2) is 30.0 Å². The first kappa shape index (κ1) is 14.1. The van der Waals surface area contributed by atoms with Gasteiger partial charge in [-0.25, -0.2) is 4.79 Å². The molecule has 0 saturated carbocycles. The third-order valence-electron chi connectivity index (χ3n) is 2.26. The molecule has 1 N–H and O–H groups in total. The van der Waals surface area contributed by atoms with Crippen LogP contribution in [0.25, 0.3) is 0 Å². The van der Waals surface area contributed by atoms with Crippen LogP contribution in [0.3, 0.4) is 0 Å². The Kier molecular flexibility index (Phi) is 5.22. The first-order chi connectivity index (χ1) is 8.60.